The Kier molecular flexibility index (Phi) is 5.87. The molecule has 0 aliphatic rings. The van der Waals surface area contributed by atoms with Crippen LogP contribution >= 0.6 is 0 Å². The third-order valence-corrected chi connectivity index (χ3v) is 2.44. The van der Waals surface area contributed by atoms with Crippen molar-refractivity contribution in [1.29, 1.82) is 0 Å². The van der Waals surface area contributed by atoms with E-state index in [1.54, 1.807) is 6.07 Å². The van der Waals surface area contributed by atoms with Crippen molar-refractivity contribution in [2.75, 3.05) is 13.1 Å². The second kappa shape index (κ2) is 7.45. The van der Waals surface area contributed by atoms with E-state index in [0.29, 0.717) is 13.1 Å². The highest BCUT2D eigenvalue weighted by Gasteiger charge is 2.06. The molecule has 98 valence electrons. The third kappa shape index (κ3) is 4.97. The smallest absolute Gasteiger partial charge is 0.307 e. The van der Waals surface area contributed by atoms with Crippen LogP contribution < -0.4 is 10.6 Å². The summed E-state index contributed by atoms with van der Waals surface area (Å²) < 4.78 is 0. The molecule has 0 atom stereocenters. The van der Waals surface area contributed by atoms with E-state index >= 15 is 0 Å². The van der Waals surface area contributed by atoms with Crippen molar-refractivity contribution in [3.8, 4) is 0 Å². The molecule has 0 heterocycles. The number of carbonyl (C=O) groups is 2. The van der Waals surface area contributed by atoms with Gasteiger partial charge in [-0.25, -0.2) is 0 Å². The molecule has 5 heteroatoms. The maximum atomic E-state index is 11.2. The van der Waals surface area contributed by atoms with Gasteiger partial charge in [0.25, 0.3) is 0 Å². The fourth-order valence-corrected chi connectivity index (χ4v) is 1.64. The average Bonchev–Trinajstić information content (AvgIpc) is 2.31. The van der Waals surface area contributed by atoms with E-state index in [-0.39, 0.29) is 18.9 Å². The van der Waals surface area contributed by atoms with Crippen LogP contribution in [0.2, 0.25) is 0 Å². The minimum atomic E-state index is -0.855. The highest BCUT2D eigenvalue weighted by molar-refractivity contribution is 5.77. The summed E-state index contributed by atoms with van der Waals surface area (Å²) in [6.07, 6.45) is -0.000982. The van der Waals surface area contributed by atoms with Gasteiger partial charge in [-0.1, -0.05) is 24.3 Å². The van der Waals surface area contributed by atoms with Crippen LogP contribution in [0.3, 0.4) is 0 Å². The van der Waals surface area contributed by atoms with Gasteiger partial charge in [0.1, 0.15) is 0 Å². The zero-order valence-corrected chi connectivity index (χ0v) is 10.4. The van der Waals surface area contributed by atoms with Crippen molar-refractivity contribution in [1.82, 2.24) is 10.6 Å². The molecule has 1 rings (SSSR count). The van der Waals surface area contributed by atoms with E-state index < -0.39 is 5.97 Å². The minimum Gasteiger partial charge on any atom is -0.481 e. The Bertz CT molecular complexity index is 418. The predicted octanol–water partition coefficient (Wildman–Crippen LogP) is 0.539. The maximum absolute atomic E-state index is 11.2. The number of hydrogen-bond donors (Lipinski definition) is 3. The number of nitrogens with one attached hydrogen (secondary N) is 2. The van der Waals surface area contributed by atoms with Crippen molar-refractivity contribution < 1.29 is 14.7 Å². The second-order valence-electron chi connectivity index (χ2n) is 3.90. The highest BCUT2D eigenvalue weighted by Crippen LogP contribution is 2.09. The quantitative estimate of drug-likeness (QED) is 0.660. The molecule has 1 aromatic carbocycles. The van der Waals surface area contributed by atoms with E-state index in [2.05, 4.69) is 10.6 Å². The Morgan fingerprint density at radius 2 is 1.89 bits per heavy atom. The topological polar surface area (TPSA) is 78.4 Å². The van der Waals surface area contributed by atoms with Crippen LogP contribution in [-0.4, -0.2) is 30.1 Å². The molecule has 0 spiro atoms. The van der Waals surface area contributed by atoms with Crippen LogP contribution in [0, 0.1) is 0 Å². The summed E-state index contributed by atoms with van der Waals surface area (Å²) in [5.74, 6) is -0.917. The molecule has 3 N–H and O–H groups in total. The maximum Gasteiger partial charge on any atom is 0.307 e. The number of carbonyl (C=O) groups excluding carboxylic acids is 1. The van der Waals surface area contributed by atoms with Crippen LogP contribution in [0.4, 0.5) is 0 Å². The number of carboxylic acids is 1. The van der Waals surface area contributed by atoms with E-state index in [1.807, 2.05) is 25.1 Å². The van der Waals surface area contributed by atoms with Gasteiger partial charge in [0, 0.05) is 13.1 Å². The first kappa shape index (κ1) is 14.2. The SMILES string of the molecule is CCNC(=O)CNCc1ccccc1CC(=O)O. The molecule has 0 unspecified atom stereocenters. The van der Waals surface area contributed by atoms with Crippen molar-refractivity contribution in [2.24, 2.45) is 0 Å². The first-order valence-corrected chi connectivity index (χ1v) is 5.89. The Labute approximate surface area is 106 Å². The van der Waals surface area contributed by atoms with E-state index in [1.165, 1.54) is 0 Å². The van der Waals surface area contributed by atoms with Gasteiger partial charge >= 0.3 is 5.97 Å². The average molecular weight is 250 g/mol. The molecule has 0 bridgehead atoms. The summed E-state index contributed by atoms with van der Waals surface area (Å²) in [5.41, 5.74) is 1.68. The molecule has 0 saturated carbocycles. The lowest BCUT2D eigenvalue weighted by molar-refractivity contribution is -0.136. The van der Waals surface area contributed by atoms with Gasteiger partial charge < -0.3 is 15.7 Å². The summed E-state index contributed by atoms with van der Waals surface area (Å²) >= 11 is 0. The minimum absolute atomic E-state index is 0.000982. The highest BCUT2D eigenvalue weighted by atomic mass is 16.4. The van der Waals surface area contributed by atoms with Crippen LogP contribution in [0.15, 0.2) is 24.3 Å². The molecular weight excluding hydrogens is 232 g/mol. The lowest BCUT2D eigenvalue weighted by Gasteiger charge is -2.09. The van der Waals surface area contributed by atoms with Gasteiger partial charge in [0.2, 0.25) is 5.91 Å². The van der Waals surface area contributed by atoms with Crippen molar-refractivity contribution in [3.05, 3.63) is 35.4 Å². The number of amides is 1. The lowest BCUT2D eigenvalue weighted by Crippen LogP contribution is -2.33. The normalized spacial score (nSPS) is 10.1. The zero-order chi connectivity index (χ0) is 13.4. The largest absolute Gasteiger partial charge is 0.481 e. The molecule has 1 aromatic rings. The molecule has 0 saturated heterocycles. The van der Waals surface area contributed by atoms with Gasteiger partial charge in [-0.3, -0.25) is 9.59 Å². The number of rotatable bonds is 7. The molecule has 0 fully saturated rings. The number of carboxylic acid groups (broad SMARTS) is 1. The first-order valence-electron chi connectivity index (χ1n) is 5.89. The third-order valence-electron chi connectivity index (χ3n) is 2.44. The lowest BCUT2D eigenvalue weighted by atomic mass is 10.0. The summed E-state index contributed by atoms with van der Waals surface area (Å²) in [6, 6.07) is 7.32. The summed E-state index contributed by atoms with van der Waals surface area (Å²) in [6.45, 7) is 3.19. The van der Waals surface area contributed by atoms with Crippen LogP contribution in [0.5, 0.6) is 0 Å². The van der Waals surface area contributed by atoms with Crippen LogP contribution in [0.25, 0.3) is 0 Å². The van der Waals surface area contributed by atoms with Gasteiger partial charge in [-0.15, -0.1) is 0 Å². The molecule has 0 aliphatic heterocycles. The van der Waals surface area contributed by atoms with E-state index in [9.17, 15) is 9.59 Å². The molecule has 18 heavy (non-hydrogen) atoms. The van der Waals surface area contributed by atoms with Crippen molar-refractivity contribution in [3.63, 3.8) is 0 Å². The van der Waals surface area contributed by atoms with E-state index in [0.717, 1.165) is 11.1 Å². The summed E-state index contributed by atoms with van der Waals surface area (Å²) in [4.78, 5) is 21.9. The first-order chi connectivity index (χ1) is 8.63. The van der Waals surface area contributed by atoms with Crippen LogP contribution in [0.1, 0.15) is 18.1 Å². The molecule has 5 nitrogen and oxygen atoms in total. The fraction of sp³-hybridized carbons (Fsp3) is 0.385. The van der Waals surface area contributed by atoms with Gasteiger partial charge in [0.05, 0.1) is 13.0 Å². The number of hydrogen-bond acceptors (Lipinski definition) is 3. The van der Waals surface area contributed by atoms with E-state index in [4.69, 9.17) is 5.11 Å². The van der Waals surface area contributed by atoms with Crippen molar-refractivity contribution >= 4 is 11.9 Å². The Morgan fingerprint density at radius 1 is 1.22 bits per heavy atom. The zero-order valence-electron chi connectivity index (χ0n) is 10.4. The van der Waals surface area contributed by atoms with Gasteiger partial charge in [0.15, 0.2) is 0 Å². The summed E-state index contributed by atoms with van der Waals surface area (Å²) in [5, 5.41) is 14.5. The predicted molar refractivity (Wildman–Crippen MR) is 68.2 cm³/mol. The van der Waals surface area contributed by atoms with Crippen molar-refractivity contribution in [2.45, 2.75) is 19.9 Å². The Morgan fingerprint density at radius 3 is 2.50 bits per heavy atom. The van der Waals surface area contributed by atoms with Gasteiger partial charge in [-0.2, -0.15) is 0 Å². The monoisotopic (exact) mass is 250 g/mol. The number of aliphatic carboxylic acids is 1. The van der Waals surface area contributed by atoms with Gasteiger partial charge in [-0.05, 0) is 18.1 Å². The van der Waals surface area contributed by atoms with Crippen LogP contribution in [-0.2, 0) is 22.6 Å². The molecule has 0 radical (unpaired) electrons. The Balaban J connectivity index is 2.51. The second-order valence-corrected chi connectivity index (χ2v) is 3.90. The molecular formula is C13H18N2O3. The Hall–Kier alpha value is -1.88. The molecule has 1 amide bonds. The summed E-state index contributed by atoms with van der Waals surface area (Å²) in [7, 11) is 0. The molecule has 0 aliphatic carbocycles. The number of benzene rings is 1. The number of likely N-dealkylation sites (N-methyl/N-ethyl adjacent to an activating group) is 1. The standard InChI is InChI=1S/C13H18N2O3/c1-2-15-12(16)9-14-8-11-6-4-3-5-10(11)7-13(17)18/h3-6,14H,2,7-9H2,1H3,(H,15,16)(H,17,18). The fourth-order valence-electron chi connectivity index (χ4n) is 1.64. The molecule has 0 aromatic heterocycles.